The zero-order chi connectivity index (χ0) is 14.0. The van der Waals surface area contributed by atoms with Gasteiger partial charge >= 0.3 is 0 Å². The lowest BCUT2D eigenvalue weighted by Gasteiger charge is -2.40. The average Bonchev–Trinajstić information content (AvgIpc) is 2.12. The molecule has 0 aromatic rings. The van der Waals surface area contributed by atoms with Gasteiger partial charge in [0.2, 0.25) is 0 Å². The molecule has 0 aliphatic heterocycles. The van der Waals surface area contributed by atoms with Gasteiger partial charge in [0.05, 0.1) is 0 Å². The minimum absolute atomic E-state index is 0.266. The van der Waals surface area contributed by atoms with Crippen LogP contribution in [0.15, 0.2) is 0 Å². The molecule has 108 valence electrons. The van der Waals surface area contributed by atoms with Crippen LogP contribution in [0.1, 0.15) is 80.6 Å². The summed E-state index contributed by atoms with van der Waals surface area (Å²) in [6.45, 7) is 16.5. The number of hydrogen-bond acceptors (Lipinski definition) is 1. The van der Waals surface area contributed by atoms with Crippen LogP contribution >= 0.6 is 0 Å². The predicted molar refractivity (Wildman–Crippen MR) is 81.9 cm³/mol. The van der Waals surface area contributed by atoms with E-state index in [0.29, 0.717) is 5.41 Å². The molecule has 0 amide bonds. The van der Waals surface area contributed by atoms with E-state index in [0.717, 1.165) is 17.9 Å². The van der Waals surface area contributed by atoms with Gasteiger partial charge in [0.1, 0.15) is 0 Å². The van der Waals surface area contributed by atoms with Gasteiger partial charge in [-0.3, -0.25) is 0 Å². The van der Waals surface area contributed by atoms with Crippen molar-refractivity contribution in [1.82, 2.24) is 5.32 Å². The maximum Gasteiger partial charge on any atom is 0.0132 e. The maximum absolute atomic E-state index is 3.94. The molecule has 18 heavy (non-hydrogen) atoms. The molecular weight excluding hydrogens is 218 g/mol. The van der Waals surface area contributed by atoms with Crippen LogP contribution in [0.25, 0.3) is 0 Å². The van der Waals surface area contributed by atoms with Crippen LogP contribution in [0.5, 0.6) is 0 Å². The highest BCUT2D eigenvalue weighted by Gasteiger charge is 2.31. The van der Waals surface area contributed by atoms with Crippen LogP contribution in [0.3, 0.4) is 0 Å². The molecule has 1 nitrogen and oxygen atoms in total. The summed E-state index contributed by atoms with van der Waals surface area (Å²) in [5.41, 5.74) is 0.671. The molecule has 2 atom stereocenters. The molecule has 0 aromatic heterocycles. The molecule has 0 saturated heterocycles. The normalized spacial score (nSPS) is 26.7. The van der Waals surface area contributed by atoms with E-state index in [1.807, 2.05) is 0 Å². The second-order valence-corrected chi connectivity index (χ2v) is 8.63. The van der Waals surface area contributed by atoms with Gasteiger partial charge in [-0.25, -0.2) is 0 Å². The first-order valence-corrected chi connectivity index (χ1v) is 7.87. The van der Waals surface area contributed by atoms with Crippen molar-refractivity contribution < 1.29 is 0 Å². The minimum Gasteiger partial charge on any atom is -0.309 e. The molecule has 0 bridgehead atoms. The summed E-state index contributed by atoms with van der Waals surface area (Å²) in [4.78, 5) is 0. The summed E-state index contributed by atoms with van der Waals surface area (Å²) >= 11 is 0. The molecule has 1 fully saturated rings. The molecule has 1 saturated carbocycles. The van der Waals surface area contributed by atoms with E-state index >= 15 is 0 Å². The summed E-state index contributed by atoms with van der Waals surface area (Å²) in [6.07, 6.45) is 6.84. The Hall–Kier alpha value is -0.0400. The Labute approximate surface area is 115 Å². The molecule has 0 aromatic carbocycles. The molecular formula is C17H35N. The first-order valence-electron chi connectivity index (χ1n) is 7.87. The van der Waals surface area contributed by atoms with Crippen LogP contribution in [-0.2, 0) is 0 Å². The fraction of sp³-hybridized carbons (Fsp3) is 1.00. The van der Waals surface area contributed by atoms with Gasteiger partial charge in [-0.05, 0) is 50.4 Å². The highest BCUT2D eigenvalue weighted by molar-refractivity contribution is 4.89. The Morgan fingerprint density at radius 3 is 2.17 bits per heavy atom. The molecule has 0 radical (unpaired) electrons. The van der Waals surface area contributed by atoms with Crippen molar-refractivity contribution in [1.29, 1.82) is 0 Å². The van der Waals surface area contributed by atoms with Gasteiger partial charge in [-0.15, -0.1) is 0 Å². The van der Waals surface area contributed by atoms with Gasteiger partial charge in [0, 0.05) is 11.6 Å². The lowest BCUT2D eigenvalue weighted by atomic mass is 9.77. The zero-order valence-corrected chi connectivity index (χ0v) is 13.8. The van der Waals surface area contributed by atoms with E-state index in [4.69, 9.17) is 0 Å². The number of nitrogens with one attached hydrogen (secondary N) is 1. The molecule has 2 unspecified atom stereocenters. The van der Waals surface area contributed by atoms with Crippen molar-refractivity contribution >= 4 is 0 Å². The smallest absolute Gasteiger partial charge is 0.0132 e. The summed E-state index contributed by atoms with van der Waals surface area (Å²) in [7, 11) is 0. The monoisotopic (exact) mass is 253 g/mol. The lowest BCUT2D eigenvalue weighted by molar-refractivity contribution is 0.169. The zero-order valence-electron chi connectivity index (χ0n) is 13.8. The third-order valence-corrected chi connectivity index (χ3v) is 4.22. The molecule has 1 rings (SSSR count). The van der Waals surface area contributed by atoms with Gasteiger partial charge in [0.25, 0.3) is 0 Å². The average molecular weight is 253 g/mol. The Morgan fingerprint density at radius 2 is 1.67 bits per heavy atom. The summed E-state index contributed by atoms with van der Waals surface area (Å²) in [5, 5.41) is 3.94. The second-order valence-electron chi connectivity index (χ2n) is 8.63. The quantitative estimate of drug-likeness (QED) is 0.743. The maximum atomic E-state index is 3.94. The predicted octanol–water partition coefficient (Wildman–Crippen LogP) is 5.01. The van der Waals surface area contributed by atoms with Gasteiger partial charge in [-0.1, -0.05) is 47.5 Å². The second kappa shape index (κ2) is 5.94. The van der Waals surface area contributed by atoms with Crippen molar-refractivity contribution in [3.63, 3.8) is 0 Å². The Kier molecular flexibility index (Phi) is 5.29. The molecule has 1 aliphatic carbocycles. The lowest BCUT2D eigenvalue weighted by Crippen LogP contribution is -2.49. The SMILES string of the molecule is CC(C)C1CCCC(NC(C)(C)CC(C)(C)C)C1. The number of rotatable bonds is 4. The fourth-order valence-corrected chi connectivity index (χ4v) is 3.89. The van der Waals surface area contributed by atoms with Gasteiger partial charge < -0.3 is 5.32 Å². The van der Waals surface area contributed by atoms with E-state index in [1.54, 1.807) is 0 Å². The third-order valence-electron chi connectivity index (χ3n) is 4.22. The summed E-state index contributed by atoms with van der Waals surface area (Å²) in [5.74, 6) is 1.78. The Bertz CT molecular complexity index is 247. The van der Waals surface area contributed by atoms with Crippen molar-refractivity contribution in [3.8, 4) is 0 Å². The minimum atomic E-state index is 0.266. The third kappa shape index (κ3) is 5.73. The first kappa shape index (κ1) is 16.0. The fourth-order valence-electron chi connectivity index (χ4n) is 3.89. The summed E-state index contributed by atoms with van der Waals surface area (Å²) in [6, 6.07) is 0.739. The largest absolute Gasteiger partial charge is 0.309 e. The highest BCUT2D eigenvalue weighted by atomic mass is 15.0. The van der Waals surface area contributed by atoms with Gasteiger partial charge in [0.15, 0.2) is 0 Å². The van der Waals surface area contributed by atoms with Crippen molar-refractivity contribution in [2.24, 2.45) is 17.3 Å². The standard InChI is InChI=1S/C17H35N/c1-13(2)14-9-8-10-15(11-14)18-17(6,7)12-16(3,4)5/h13-15,18H,8-12H2,1-7H3. The summed E-state index contributed by atoms with van der Waals surface area (Å²) < 4.78 is 0. The topological polar surface area (TPSA) is 12.0 Å². The van der Waals surface area contributed by atoms with E-state index in [-0.39, 0.29) is 5.54 Å². The molecule has 1 heteroatoms. The molecule has 1 N–H and O–H groups in total. The highest BCUT2D eigenvalue weighted by Crippen LogP contribution is 2.33. The van der Waals surface area contributed by atoms with Crippen LogP contribution in [-0.4, -0.2) is 11.6 Å². The molecule has 1 aliphatic rings. The van der Waals surface area contributed by atoms with Crippen LogP contribution in [0, 0.1) is 17.3 Å². The van der Waals surface area contributed by atoms with Crippen molar-refractivity contribution in [3.05, 3.63) is 0 Å². The van der Waals surface area contributed by atoms with Crippen LogP contribution in [0.2, 0.25) is 0 Å². The number of hydrogen-bond donors (Lipinski definition) is 1. The van der Waals surface area contributed by atoms with E-state index in [9.17, 15) is 0 Å². The van der Waals surface area contributed by atoms with E-state index < -0.39 is 0 Å². The van der Waals surface area contributed by atoms with E-state index in [1.165, 1.54) is 32.1 Å². The van der Waals surface area contributed by atoms with Crippen molar-refractivity contribution in [2.75, 3.05) is 0 Å². The van der Waals surface area contributed by atoms with E-state index in [2.05, 4.69) is 53.8 Å². The van der Waals surface area contributed by atoms with Crippen LogP contribution in [0.4, 0.5) is 0 Å². The van der Waals surface area contributed by atoms with Crippen LogP contribution < -0.4 is 5.32 Å². The molecule has 0 spiro atoms. The molecule has 0 heterocycles. The Morgan fingerprint density at radius 1 is 1.06 bits per heavy atom. The van der Waals surface area contributed by atoms with Crippen molar-refractivity contribution in [2.45, 2.75) is 92.2 Å². The first-order chi connectivity index (χ1) is 8.09. The van der Waals surface area contributed by atoms with Gasteiger partial charge in [-0.2, -0.15) is 0 Å². The Balaban J connectivity index is 2.50.